The van der Waals surface area contributed by atoms with E-state index in [0.29, 0.717) is 24.7 Å². The van der Waals surface area contributed by atoms with E-state index >= 15 is 0 Å². The van der Waals surface area contributed by atoms with Crippen molar-refractivity contribution in [3.63, 3.8) is 0 Å². The van der Waals surface area contributed by atoms with Gasteiger partial charge in [-0.25, -0.2) is 13.2 Å². The number of pyridine rings is 1. The molecule has 46 heavy (non-hydrogen) atoms. The Bertz CT molecular complexity index is 1540. The summed E-state index contributed by atoms with van der Waals surface area (Å²) in [6.07, 6.45) is -0.273. The van der Waals surface area contributed by atoms with E-state index in [0.717, 1.165) is 17.7 Å². The van der Waals surface area contributed by atoms with E-state index in [-0.39, 0.29) is 49.1 Å². The van der Waals surface area contributed by atoms with Gasteiger partial charge in [-0.05, 0) is 66.8 Å². The molecule has 2 fully saturated rings. The molecule has 2 aliphatic heterocycles. The highest BCUT2D eigenvalue weighted by Gasteiger charge is 2.44. The Morgan fingerprint density at radius 3 is 2.63 bits per heavy atom. The Labute approximate surface area is 269 Å². The molecule has 0 spiro atoms. The third kappa shape index (κ3) is 8.74. The number of carbonyl (C=O) groups is 1. The largest absolute Gasteiger partial charge is 0.487 e. The third-order valence-corrected chi connectivity index (χ3v) is 9.79. The number of sulfonamides is 1. The van der Waals surface area contributed by atoms with Crippen LogP contribution in [0.25, 0.3) is 0 Å². The molecule has 0 unspecified atom stereocenters. The van der Waals surface area contributed by atoms with Crippen LogP contribution in [0.15, 0.2) is 77.8 Å². The van der Waals surface area contributed by atoms with Gasteiger partial charge < -0.3 is 35.1 Å². The van der Waals surface area contributed by atoms with Crippen LogP contribution in [0.2, 0.25) is 0 Å². The number of hydrogen-bond acceptors (Lipinski definition) is 10. The number of rotatable bonds is 14. The van der Waals surface area contributed by atoms with Gasteiger partial charge in [0.05, 0.1) is 41.9 Å². The predicted octanol–water partition coefficient (Wildman–Crippen LogP) is 3.35. The Morgan fingerprint density at radius 1 is 1.11 bits per heavy atom. The van der Waals surface area contributed by atoms with Crippen LogP contribution in [0.3, 0.4) is 0 Å². The summed E-state index contributed by atoms with van der Waals surface area (Å²) < 4.78 is 51.3. The summed E-state index contributed by atoms with van der Waals surface area (Å²) in [5.74, 6) is 0.532. The lowest BCUT2D eigenvalue weighted by atomic mass is 10.0. The fourth-order valence-corrected chi connectivity index (χ4v) is 7.29. The van der Waals surface area contributed by atoms with Gasteiger partial charge in [-0.3, -0.25) is 4.98 Å². The number of anilines is 1. The van der Waals surface area contributed by atoms with E-state index in [2.05, 4.69) is 10.3 Å². The van der Waals surface area contributed by atoms with Crippen LogP contribution in [0.5, 0.6) is 5.75 Å². The number of alkyl carbamates (subject to hydrolysis) is 1. The number of benzene rings is 2. The molecule has 2 aliphatic rings. The molecule has 248 valence electrons. The molecule has 0 radical (unpaired) electrons. The van der Waals surface area contributed by atoms with Crippen LogP contribution in [-0.2, 0) is 37.3 Å². The molecule has 13 heteroatoms. The van der Waals surface area contributed by atoms with E-state index in [9.17, 15) is 18.3 Å². The van der Waals surface area contributed by atoms with Crippen molar-refractivity contribution in [3.8, 4) is 5.75 Å². The standard InChI is InChI=1S/C33H42N4O8S/c1-22(2)18-37(46(40,41)27-8-5-6-24(34)17-27)19-30(38)29(36-33(39)45-31-21-44-32-28(31)13-15-42-32)16-23-9-11-26(12-10-23)43-20-25-7-3-4-14-35-25/h3-12,14,17,22,28-32,38H,13,15-16,18-21,34H2,1-2H3,(H,36,39)/t28-,29-,30+,31-,32+/m0/s1. The summed E-state index contributed by atoms with van der Waals surface area (Å²) in [4.78, 5) is 17.5. The van der Waals surface area contributed by atoms with Crippen LogP contribution in [-0.4, -0.2) is 79.7 Å². The monoisotopic (exact) mass is 654 g/mol. The fourth-order valence-electron chi connectivity index (χ4n) is 5.61. The molecular formula is C33H42N4O8S. The van der Waals surface area contributed by atoms with Gasteiger partial charge in [0.15, 0.2) is 6.29 Å². The van der Waals surface area contributed by atoms with Crippen LogP contribution in [0.1, 0.15) is 31.5 Å². The Hall–Kier alpha value is -3.75. The molecule has 5 atom stereocenters. The SMILES string of the molecule is CC(C)CN(C[C@@H](O)[C@H](Cc1ccc(OCc2ccccn2)cc1)NC(=O)O[C@H]1CO[C@H]2OCC[C@H]21)S(=O)(=O)c1cccc(N)c1. The molecule has 3 heterocycles. The number of aromatic nitrogens is 1. The molecule has 1 amide bonds. The predicted molar refractivity (Wildman–Crippen MR) is 170 cm³/mol. The Balaban J connectivity index is 1.31. The first-order valence-corrected chi connectivity index (χ1v) is 16.9. The maximum atomic E-state index is 13.7. The Kier molecular flexibility index (Phi) is 11.1. The van der Waals surface area contributed by atoms with Crippen LogP contribution in [0.4, 0.5) is 10.5 Å². The van der Waals surface area contributed by atoms with Gasteiger partial charge in [0.1, 0.15) is 18.5 Å². The summed E-state index contributed by atoms with van der Waals surface area (Å²) >= 11 is 0. The summed E-state index contributed by atoms with van der Waals surface area (Å²) in [5.41, 5.74) is 7.77. The van der Waals surface area contributed by atoms with E-state index in [1.165, 1.54) is 16.4 Å². The number of fused-ring (bicyclic) bond motifs is 1. The number of nitrogen functional groups attached to an aromatic ring is 1. The van der Waals surface area contributed by atoms with Gasteiger partial charge in [0, 0.05) is 25.0 Å². The molecule has 0 saturated carbocycles. The number of aliphatic hydroxyl groups is 1. The van der Waals surface area contributed by atoms with Crippen LogP contribution < -0.4 is 15.8 Å². The normalized spacial score (nSPS) is 20.8. The van der Waals surface area contributed by atoms with E-state index < -0.39 is 34.4 Å². The number of nitrogens with two attached hydrogens (primary N) is 1. The molecular weight excluding hydrogens is 612 g/mol. The molecule has 0 bridgehead atoms. The second-order valence-corrected chi connectivity index (χ2v) is 14.0. The van der Waals surface area contributed by atoms with Gasteiger partial charge in [0.2, 0.25) is 10.0 Å². The highest BCUT2D eigenvalue weighted by atomic mass is 32.2. The average Bonchev–Trinajstić information content (AvgIpc) is 3.65. The first kappa shape index (κ1) is 33.6. The molecule has 5 rings (SSSR count). The van der Waals surface area contributed by atoms with Crippen molar-refractivity contribution in [2.75, 3.05) is 32.0 Å². The number of carbonyl (C=O) groups excluding carboxylic acids is 1. The van der Waals surface area contributed by atoms with E-state index in [4.69, 9.17) is 24.7 Å². The summed E-state index contributed by atoms with van der Waals surface area (Å²) in [6, 6.07) is 18.0. The molecule has 1 aromatic heterocycles. The lowest BCUT2D eigenvalue weighted by Gasteiger charge is -2.31. The van der Waals surface area contributed by atoms with Crippen molar-refractivity contribution in [2.45, 2.75) is 62.7 Å². The molecule has 0 aliphatic carbocycles. The molecule has 4 N–H and O–H groups in total. The van der Waals surface area contributed by atoms with Crippen LogP contribution >= 0.6 is 0 Å². The van der Waals surface area contributed by atoms with E-state index in [1.54, 1.807) is 30.5 Å². The number of nitrogens with zero attached hydrogens (tertiary/aromatic N) is 2. The fraction of sp³-hybridized carbons (Fsp3) is 0.455. The van der Waals surface area contributed by atoms with Gasteiger partial charge in [-0.1, -0.05) is 38.1 Å². The molecule has 3 aromatic rings. The zero-order chi connectivity index (χ0) is 32.7. The van der Waals surface area contributed by atoms with Gasteiger partial charge in [-0.2, -0.15) is 4.31 Å². The number of hydrogen-bond donors (Lipinski definition) is 3. The molecule has 2 aromatic carbocycles. The summed E-state index contributed by atoms with van der Waals surface area (Å²) in [7, 11) is -4.01. The van der Waals surface area contributed by atoms with Crippen molar-refractivity contribution < 1.29 is 37.3 Å². The highest BCUT2D eigenvalue weighted by Crippen LogP contribution is 2.33. The zero-order valence-corrected chi connectivity index (χ0v) is 26.8. The maximum Gasteiger partial charge on any atom is 0.407 e. The lowest BCUT2D eigenvalue weighted by molar-refractivity contribution is -0.0907. The minimum atomic E-state index is -4.01. The summed E-state index contributed by atoms with van der Waals surface area (Å²) in [6.45, 7) is 4.72. The van der Waals surface area contributed by atoms with Crippen molar-refractivity contribution in [1.82, 2.24) is 14.6 Å². The van der Waals surface area contributed by atoms with Crippen molar-refractivity contribution >= 4 is 21.8 Å². The van der Waals surface area contributed by atoms with Crippen molar-refractivity contribution in [3.05, 3.63) is 84.2 Å². The topological polar surface area (TPSA) is 163 Å². The van der Waals surface area contributed by atoms with Crippen LogP contribution in [0, 0.1) is 11.8 Å². The number of amides is 1. The van der Waals surface area contributed by atoms with Gasteiger partial charge in [-0.15, -0.1) is 0 Å². The van der Waals surface area contributed by atoms with Gasteiger partial charge in [0.25, 0.3) is 0 Å². The molecule has 2 saturated heterocycles. The number of nitrogens with one attached hydrogen (secondary N) is 1. The second-order valence-electron chi connectivity index (χ2n) is 12.0. The minimum absolute atomic E-state index is 0.0279. The van der Waals surface area contributed by atoms with E-state index in [1.807, 2.05) is 44.2 Å². The number of ether oxygens (including phenoxy) is 4. The molecule has 12 nitrogen and oxygen atoms in total. The third-order valence-electron chi connectivity index (χ3n) is 7.96. The number of aliphatic hydroxyl groups excluding tert-OH is 1. The van der Waals surface area contributed by atoms with Crippen molar-refractivity contribution in [2.24, 2.45) is 11.8 Å². The zero-order valence-electron chi connectivity index (χ0n) is 26.0. The average molecular weight is 655 g/mol. The maximum absolute atomic E-state index is 13.7. The lowest BCUT2D eigenvalue weighted by Crippen LogP contribution is -2.51. The Morgan fingerprint density at radius 2 is 1.91 bits per heavy atom. The first-order valence-electron chi connectivity index (χ1n) is 15.4. The quantitative estimate of drug-likeness (QED) is 0.220. The summed E-state index contributed by atoms with van der Waals surface area (Å²) in [5, 5.41) is 14.4. The van der Waals surface area contributed by atoms with Crippen molar-refractivity contribution in [1.29, 1.82) is 0 Å². The van der Waals surface area contributed by atoms with Gasteiger partial charge >= 0.3 is 6.09 Å². The smallest absolute Gasteiger partial charge is 0.407 e. The minimum Gasteiger partial charge on any atom is -0.487 e. The first-order chi connectivity index (χ1) is 22.1. The second kappa shape index (κ2) is 15.2. The highest BCUT2D eigenvalue weighted by molar-refractivity contribution is 7.89.